The number of aryl methyl sites for hydroxylation is 2. The van der Waals surface area contributed by atoms with Crippen LogP contribution in [0.2, 0.25) is 0 Å². The van der Waals surface area contributed by atoms with E-state index in [1.807, 2.05) is 0 Å². The van der Waals surface area contributed by atoms with E-state index in [0.29, 0.717) is 0 Å². The van der Waals surface area contributed by atoms with Gasteiger partial charge in [-0.15, -0.1) is 0 Å². The summed E-state index contributed by atoms with van der Waals surface area (Å²) >= 11 is 2.40. The quantitative estimate of drug-likeness (QED) is 0.368. The maximum absolute atomic E-state index is 6.05. The molecule has 0 radical (unpaired) electrons. The van der Waals surface area contributed by atoms with E-state index in [-0.39, 0.29) is 6.10 Å². The van der Waals surface area contributed by atoms with Crippen LogP contribution in [-0.4, -0.2) is 11.0 Å². The number of rotatable bonds is 7. The molecule has 0 amide bonds. The van der Waals surface area contributed by atoms with Crippen molar-refractivity contribution in [2.24, 2.45) is 0 Å². The van der Waals surface area contributed by atoms with E-state index in [1.165, 1.54) is 16.7 Å². The number of hydrogen-bond donors (Lipinski definition) is 0. The molecule has 0 bridgehead atoms. The van der Waals surface area contributed by atoms with Crippen LogP contribution in [0.25, 0.3) is 0 Å². The Kier molecular flexibility index (Phi) is 6.54. The Balaban J connectivity index is 1.80. The fraction of sp³-hybridized carbons (Fsp3) is 0.333. The summed E-state index contributed by atoms with van der Waals surface area (Å²) in [6.07, 6.45) is 2.37. The van der Waals surface area contributed by atoms with Gasteiger partial charge in [-0.3, -0.25) is 0 Å². The third kappa shape index (κ3) is 4.91. The SMILES string of the molecule is Cc1cccc(C(CI)OCCCc2ccccc2)c1. The Labute approximate surface area is 135 Å². The van der Waals surface area contributed by atoms with Crippen LogP contribution in [0.5, 0.6) is 0 Å². The number of hydrogen-bond acceptors (Lipinski definition) is 1. The summed E-state index contributed by atoms with van der Waals surface area (Å²) in [7, 11) is 0. The standard InChI is InChI=1S/C18H21IO/c1-15-7-5-11-17(13-15)18(14-19)20-12-6-10-16-8-3-2-4-9-16/h2-5,7-9,11,13,18H,6,10,12,14H2,1H3. The van der Waals surface area contributed by atoms with Crippen molar-refractivity contribution in [2.75, 3.05) is 11.0 Å². The second-order valence-corrected chi connectivity index (χ2v) is 5.90. The maximum atomic E-state index is 6.05. The molecule has 0 aliphatic heterocycles. The molecule has 106 valence electrons. The first-order valence-electron chi connectivity index (χ1n) is 7.07. The van der Waals surface area contributed by atoms with Crippen LogP contribution in [0.4, 0.5) is 0 Å². The summed E-state index contributed by atoms with van der Waals surface area (Å²) in [4.78, 5) is 0. The highest BCUT2D eigenvalue weighted by Gasteiger charge is 2.10. The highest BCUT2D eigenvalue weighted by molar-refractivity contribution is 14.1. The van der Waals surface area contributed by atoms with Gasteiger partial charge in [0, 0.05) is 11.0 Å². The molecular weight excluding hydrogens is 359 g/mol. The van der Waals surface area contributed by atoms with Gasteiger partial charge in [0.05, 0.1) is 6.10 Å². The molecule has 0 aromatic heterocycles. The minimum absolute atomic E-state index is 0.214. The summed E-state index contributed by atoms with van der Waals surface area (Å²) in [5, 5.41) is 0. The first-order chi connectivity index (χ1) is 9.79. The van der Waals surface area contributed by atoms with E-state index in [0.717, 1.165) is 23.9 Å². The van der Waals surface area contributed by atoms with Gasteiger partial charge >= 0.3 is 0 Å². The lowest BCUT2D eigenvalue weighted by Crippen LogP contribution is -2.07. The second-order valence-electron chi connectivity index (χ2n) is 5.02. The largest absolute Gasteiger partial charge is 0.373 e. The first-order valence-corrected chi connectivity index (χ1v) is 8.60. The van der Waals surface area contributed by atoms with Crippen LogP contribution in [0, 0.1) is 6.92 Å². The van der Waals surface area contributed by atoms with Crippen molar-refractivity contribution < 1.29 is 4.74 Å². The average molecular weight is 380 g/mol. The molecule has 1 unspecified atom stereocenters. The van der Waals surface area contributed by atoms with Gasteiger partial charge in [0.1, 0.15) is 0 Å². The van der Waals surface area contributed by atoms with E-state index in [1.54, 1.807) is 0 Å². The van der Waals surface area contributed by atoms with Crippen LogP contribution in [-0.2, 0) is 11.2 Å². The van der Waals surface area contributed by atoms with Crippen LogP contribution in [0.1, 0.15) is 29.2 Å². The molecule has 0 fully saturated rings. The Morgan fingerprint density at radius 3 is 2.55 bits per heavy atom. The lowest BCUT2D eigenvalue weighted by atomic mass is 10.1. The van der Waals surface area contributed by atoms with Crippen LogP contribution in [0.3, 0.4) is 0 Å². The van der Waals surface area contributed by atoms with Crippen molar-refractivity contribution in [1.82, 2.24) is 0 Å². The van der Waals surface area contributed by atoms with Gasteiger partial charge < -0.3 is 4.74 Å². The molecule has 0 N–H and O–H groups in total. The van der Waals surface area contributed by atoms with Crippen molar-refractivity contribution in [3.8, 4) is 0 Å². The molecule has 2 heteroatoms. The van der Waals surface area contributed by atoms with Gasteiger partial charge in [-0.2, -0.15) is 0 Å². The zero-order valence-corrected chi connectivity index (χ0v) is 14.0. The zero-order valence-electron chi connectivity index (χ0n) is 11.9. The first kappa shape index (κ1) is 15.5. The predicted octanol–water partition coefficient (Wildman–Crippen LogP) is 5.12. The Hall–Kier alpha value is -0.870. The highest BCUT2D eigenvalue weighted by atomic mass is 127. The molecule has 0 aliphatic carbocycles. The molecule has 2 aromatic carbocycles. The van der Waals surface area contributed by atoms with Gasteiger partial charge in [0.25, 0.3) is 0 Å². The van der Waals surface area contributed by atoms with Crippen LogP contribution >= 0.6 is 22.6 Å². The van der Waals surface area contributed by atoms with Crippen molar-refractivity contribution in [3.63, 3.8) is 0 Å². The number of alkyl halides is 1. The summed E-state index contributed by atoms with van der Waals surface area (Å²) in [6, 6.07) is 19.2. The van der Waals surface area contributed by atoms with Crippen molar-refractivity contribution in [1.29, 1.82) is 0 Å². The summed E-state index contributed by atoms with van der Waals surface area (Å²) in [5.74, 6) is 0. The Morgan fingerprint density at radius 2 is 1.85 bits per heavy atom. The van der Waals surface area contributed by atoms with Gasteiger partial charge in [0.15, 0.2) is 0 Å². The van der Waals surface area contributed by atoms with Gasteiger partial charge in [-0.25, -0.2) is 0 Å². The van der Waals surface area contributed by atoms with Gasteiger partial charge in [-0.05, 0) is 30.9 Å². The molecule has 0 heterocycles. The van der Waals surface area contributed by atoms with Gasteiger partial charge in [-0.1, -0.05) is 82.8 Å². The third-order valence-corrected chi connectivity index (χ3v) is 4.13. The molecule has 2 rings (SSSR count). The molecular formula is C18H21IO. The number of benzene rings is 2. The van der Waals surface area contributed by atoms with E-state index in [4.69, 9.17) is 4.74 Å². The molecule has 0 saturated heterocycles. The third-order valence-electron chi connectivity index (χ3n) is 3.33. The summed E-state index contributed by atoms with van der Waals surface area (Å²) < 4.78 is 7.04. The van der Waals surface area contributed by atoms with Crippen molar-refractivity contribution in [2.45, 2.75) is 25.9 Å². The number of ether oxygens (including phenoxy) is 1. The minimum Gasteiger partial charge on any atom is -0.373 e. The van der Waals surface area contributed by atoms with Crippen molar-refractivity contribution >= 4 is 22.6 Å². The summed E-state index contributed by atoms with van der Waals surface area (Å²) in [6.45, 7) is 2.94. The molecule has 20 heavy (non-hydrogen) atoms. The lowest BCUT2D eigenvalue weighted by molar-refractivity contribution is 0.0693. The molecule has 0 spiro atoms. The zero-order chi connectivity index (χ0) is 14.2. The monoisotopic (exact) mass is 380 g/mol. The predicted molar refractivity (Wildman–Crippen MR) is 93.5 cm³/mol. The minimum atomic E-state index is 0.214. The smallest absolute Gasteiger partial charge is 0.0914 e. The summed E-state index contributed by atoms with van der Waals surface area (Å²) in [5.41, 5.74) is 3.97. The highest BCUT2D eigenvalue weighted by Crippen LogP contribution is 2.21. The van der Waals surface area contributed by atoms with Gasteiger partial charge in [0.2, 0.25) is 0 Å². The van der Waals surface area contributed by atoms with E-state index >= 15 is 0 Å². The molecule has 2 aromatic rings. The Bertz CT molecular complexity index is 510. The fourth-order valence-corrected chi connectivity index (χ4v) is 3.01. The lowest BCUT2D eigenvalue weighted by Gasteiger charge is -2.16. The average Bonchev–Trinajstić information content (AvgIpc) is 2.48. The Morgan fingerprint density at radius 1 is 1.05 bits per heavy atom. The molecule has 1 nitrogen and oxygen atoms in total. The van der Waals surface area contributed by atoms with E-state index in [2.05, 4.69) is 84.1 Å². The second kappa shape index (κ2) is 8.42. The molecule has 0 aliphatic rings. The number of halogens is 1. The molecule has 1 atom stereocenters. The maximum Gasteiger partial charge on any atom is 0.0914 e. The van der Waals surface area contributed by atoms with Crippen LogP contribution < -0.4 is 0 Å². The van der Waals surface area contributed by atoms with Crippen molar-refractivity contribution in [3.05, 3.63) is 71.3 Å². The molecule has 0 saturated carbocycles. The van der Waals surface area contributed by atoms with E-state index < -0.39 is 0 Å². The van der Waals surface area contributed by atoms with Crippen LogP contribution in [0.15, 0.2) is 54.6 Å². The fourth-order valence-electron chi connectivity index (χ4n) is 2.25. The van der Waals surface area contributed by atoms with E-state index in [9.17, 15) is 0 Å². The topological polar surface area (TPSA) is 9.23 Å². The normalized spacial score (nSPS) is 12.3.